The van der Waals surface area contributed by atoms with Crippen molar-refractivity contribution in [2.75, 3.05) is 6.54 Å². The minimum atomic E-state index is -0.603. The lowest BCUT2D eigenvalue weighted by molar-refractivity contribution is -0.127. The number of hydrogen-bond donors (Lipinski definition) is 2. The molecule has 1 rings (SSSR count). The van der Waals surface area contributed by atoms with Crippen molar-refractivity contribution in [3.8, 4) is 0 Å². The molecule has 4 nitrogen and oxygen atoms in total. The highest BCUT2D eigenvalue weighted by atomic mass is 16.2. The molecular weight excluding hydrogens is 204 g/mol. The van der Waals surface area contributed by atoms with E-state index in [0.29, 0.717) is 6.54 Å². The van der Waals surface area contributed by atoms with Crippen molar-refractivity contribution >= 4 is 11.8 Å². The molecule has 0 aliphatic carbocycles. The number of benzene rings is 1. The highest BCUT2D eigenvalue weighted by Crippen LogP contribution is 2.06. The number of primary amides is 1. The molecule has 0 unspecified atom stereocenters. The summed E-state index contributed by atoms with van der Waals surface area (Å²) in [7, 11) is 0. The Hall–Kier alpha value is -1.84. The van der Waals surface area contributed by atoms with Crippen LogP contribution in [0.1, 0.15) is 17.5 Å². The minimum absolute atomic E-state index is 0.242. The van der Waals surface area contributed by atoms with E-state index in [4.69, 9.17) is 5.73 Å². The Labute approximate surface area is 94.8 Å². The highest BCUT2D eigenvalue weighted by molar-refractivity contribution is 5.95. The summed E-state index contributed by atoms with van der Waals surface area (Å²) in [6.45, 7) is 2.55. The van der Waals surface area contributed by atoms with Crippen LogP contribution in [0.4, 0.5) is 0 Å². The van der Waals surface area contributed by atoms with Gasteiger partial charge in [0.2, 0.25) is 11.8 Å². The second-order valence-electron chi connectivity index (χ2n) is 3.67. The van der Waals surface area contributed by atoms with Gasteiger partial charge in [0.25, 0.3) is 0 Å². The van der Waals surface area contributed by atoms with Crippen molar-refractivity contribution in [1.29, 1.82) is 0 Å². The maximum Gasteiger partial charge on any atom is 0.229 e. The number of hydrogen-bond acceptors (Lipinski definition) is 2. The molecule has 2 amide bonds. The molecule has 0 aliphatic rings. The number of amides is 2. The third-order valence-corrected chi connectivity index (χ3v) is 2.31. The van der Waals surface area contributed by atoms with Gasteiger partial charge in [-0.15, -0.1) is 0 Å². The van der Waals surface area contributed by atoms with Gasteiger partial charge < -0.3 is 11.1 Å². The van der Waals surface area contributed by atoms with Crippen molar-refractivity contribution in [1.82, 2.24) is 5.32 Å². The Balaban J connectivity index is 2.33. The van der Waals surface area contributed by atoms with Crippen LogP contribution in [0.3, 0.4) is 0 Å². The van der Waals surface area contributed by atoms with Gasteiger partial charge in [-0.05, 0) is 24.5 Å². The Morgan fingerprint density at radius 1 is 1.31 bits per heavy atom. The fourth-order valence-corrected chi connectivity index (χ4v) is 1.45. The number of carbonyl (C=O) groups excluding carboxylic acids is 2. The summed E-state index contributed by atoms with van der Waals surface area (Å²) in [6, 6.07) is 7.99. The van der Waals surface area contributed by atoms with Crippen molar-refractivity contribution in [2.24, 2.45) is 5.73 Å². The van der Waals surface area contributed by atoms with Crippen LogP contribution < -0.4 is 11.1 Å². The largest absolute Gasteiger partial charge is 0.369 e. The Morgan fingerprint density at radius 2 is 2.00 bits per heavy atom. The van der Waals surface area contributed by atoms with Crippen molar-refractivity contribution in [3.63, 3.8) is 0 Å². The lowest BCUT2D eigenvalue weighted by atomic mass is 10.1. The molecule has 0 saturated carbocycles. The molecule has 16 heavy (non-hydrogen) atoms. The van der Waals surface area contributed by atoms with E-state index >= 15 is 0 Å². The minimum Gasteiger partial charge on any atom is -0.369 e. The molecule has 0 heterocycles. The summed E-state index contributed by atoms with van der Waals surface area (Å²) in [5.41, 5.74) is 7.30. The van der Waals surface area contributed by atoms with E-state index in [1.54, 1.807) is 0 Å². The molecule has 1 aromatic carbocycles. The van der Waals surface area contributed by atoms with E-state index in [-0.39, 0.29) is 12.3 Å². The van der Waals surface area contributed by atoms with E-state index < -0.39 is 5.91 Å². The summed E-state index contributed by atoms with van der Waals surface area (Å²) in [5, 5.41) is 2.65. The normalized spacial score (nSPS) is 9.81. The molecule has 0 atom stereocenters. The third-order valence-electron chi connectivity index (χ3n) is 2.31. The van der Waals surface area contributed by atoms with E-state index in [2.05, 4.69) is 5.32 Å². The number of aryl methyl sites for hydroxylation is 1. The van der Waals surface area contributed by atoms with E-state index in [9.17, 15) is 9.59 Å². The molecule has 0 saturated heterocycles. The number of nitrogens with one attached hydrogen (secondary N) is 1. The average molecular weight is 220 g/mol. The number of nitrogens with two attached hydrogens (primary N) is 1. The summed E-state index contributed by atoms with van der Waals surface area (Å²) in [5.74, 6) is -0.922. The number of carbonyl (C=O) groups is 2. The van der Waals surface area contributed by atoms with Gasteiger partial charge in [-0.1, -0.05) is 24.3 Å². The molecule has 0 bridgehead atoms. The first-order chi connectivity index (χ1) is 7.59. The Bertz CT molecular complexity index is 388. The predicted octanol–water partition coefficient (Wildman–Crippen LogP) is 0.529. The zero-order chi connectivity index (χ0) is 12.0. The van der Waals surface area contributed by atoms with Crippen LogP contribution in [-0.2, 0) is 16.0 Å². The second-order valence-corrected chi connectivity index (χ2v) is 3.67. The number of rotatable bonds is 5. The summed E-state index contributed by atoms with van der Waals surface area (Å²) in [6.07, 6.45) is 0.519. The molecule has 86 valence electrons. The lowest BCUT2D eigenvalue weighted by Crippen LogP contribution is -2.30. The van der Waals surface area contributed by atoms with Crippen LogP contribution in [0.25, 0.3) is 0 Å². The maximum atomic E-state index is 11.1. The lowest BCUT2D eigenvalue weighted by Gasteiger charge is -2.06. The first kappa shape index (κ1) is 12.2. The molecule has 3 N–H and O–H groups in total. The zero-order valence-corrected chi connectivity index (χ0v) is 9.32. The maximum absolute atomic E-state index is 11.1. The summed E-state index contributed by atoms with van der Waals surface area (Å²) >= 11 is 0. The third kappa shape index (κ3) is 4.13. The molecule has 0 aliphatic heterocycles. The summed E-state index contributed by atoms with van der Waals surface area (Å²) < 4.78 is 0. The van der Waals surface area contributed by atoms with Gasteiger partial charge in [-0.25, -0.2) is 0 Å². The van der Waals surface area contributed by atoms with Crippen LogP contribution in [0, 0.1) is 6.92 Å². The van der Waals surface area contributed by atoms with Gasteiger partial charge in [0, 0.05) is 6.54 Å². The van der Waals surface area contributed by atoms with Crippen molar-refractivity contribution < 1.29 is 9.59 Å². The van der Waals surface area contributed by atoms with Gasteiger partial charge in [-0.2, -0.15) is 0 Å². The second kappa shape index (κ2) is 5.90. The monoisotopic (exact) mass is 220 g/mol. The van der Waals surface area contributed by atoms with Gasteiger partial charge in [-0.3, -0.25) is 9.59 Å². The molecule has 1 aromatic rings. The molecule has 0 aromatic heterocycles. The van der Waals surface area contributed by atoms with Crippen LogP contribution in [0.2, 0.25) is 0 Å². The van der Waals surface area contributed by atoms with Gasteiger partial charge >= 0.3 is 0 Å². The Morgan fingerprint density at radius 3 is 2.62 bits per heavy atom. The van der Waals surface area contributed by atoms with E-state index in [0.717, 1.165) is 6.42 Å². The quantitative estimate of drug-likeness (QED) is 0.710. The van der Waals surface area contributed by atoms with E-state index in [1.807, 2.05) is 31.2 Å². The molecule has 0 radical (unpaired) electrons. The highest BCUT2D eigenvalue weighted by Gasteiger charge is 2.04. The first-order valence-corrected chi connectivity index (χ1v) is 5.19. The van der Waals surface area contributed by atoms with Crippen LogP contribution in [0.5, 0.6) is 0 Å². The first-order valence-electron chi connectivity index (χ1n) is 5.19. The van der Waals surface area contributed by atoms with Crippen LogP contribution >= 0.6 is 0 Å². The smallest absolute Gasteiger partial charge is 0.229 e. The van der Waals surface area contributed by atoms with Gasteiger partial charge in [0.15, 0.2) is 0 Å². The molecule has 4 heteroatoms. The van der Waals surface area contributed by atoms with Crippen LogP contribution in [0.15, 0.2) is 24.3 Å². The summed E-state index contributed by atoms with van der Waals surface area (Å²) in [4.78, 5) is 21.6. The SMILES string of the molecule is Cc1ccccc1CCNC(=O)CC(N)=O. The topological polar surface area (TPSA) is 72.2 Å². The fourth-order valence-electron chi connectivity index (χ4n) is 1.45. The average Bonchev–Trinajstić information content (AvgIpc) is 2.19. The predicted molar refractivity (Wildman–Crippen MR) is 61.7 cm³/mol. The van der Waals surface area contributed by atoms with Crippen molar-refractivity contribution in [3.05, 3.63) is 35.4 Å². The fraction of sp³-hybridized carbons (Fsp3) is 0.333. The van der Waals surface area contributed by atoms with Gasteiger partial charge in [0.1, 0.15) is 6.42 Å². The zero-order valence-electron chi connectivity index (χ0n) is 9.32. The molecule has 0 fully saturated rings. The standard InChI is InChI=1S/C12H16N2O2/c1-9-4-2-3-5-10(9)6-7-14-12(16)8-11(13)15/h2-5H,6-8H2,1H3,(H2,13,15)(H,14,16). The van der Waals surface area contributed by atoms with Gasteiger partial charge in [0.05, 0.1) is 0 Å². The Kier molecular flexibility index (Phi) is 4.51. The van der Waals surface area contributed by atoms with Crippen LogP contribution in [-0.4, -0.2) is 18.4 Å². The van der Waals surface area contributed by atoms with Crippen molar-refractivity contribution in [2.45, 2.75) is 19.8 Å². The van der Waals surface area contributed by atoms with E-state index in [1.165, 1.54) is 11.1 Å². The molecule has 0 spiro atoms. The molecular formula is C12H16N2O2.